The molecular weight excluding hydrogens is 156 g/mol. The lowest BCUT2D eigenvalue weighted by Gasteiger charge is -2.26. The number of rotatable bonds is 2. The summed E-state index contributed by atoms with van der Waals surface area (Å²) in [5, 5.41) is 6.78. The van der Waals surface area contributed by atoms with Crippen molar-refractivity contribution in [3.8, 4) is 0 Å². The predicted molar refractivity (Wildman–Crippen MR) is 48.3 cm³/mol. The number of nitrogens with one attached hydrogen (secondary N) is 2. The van der Waals surface area contributed by atoms with Crippen molar-refractivity contribution in [3.63, 3.8) is 0 Å². The van der Waals surface area contributed by atoms with Crippen molar-refractivity contribution in [2.45, 2.75) is 0 Å². The van der Waals surface area contributed by atoms with Gasteiger partial charge in [-0.1, -0.05) is 0 Å². The number of nitrogens with zero attached hydrogens (tertiary/aromatic N) is 2. The van der Waals surface area contributed by atoms with Gasteiger partial charge in [-0.2, -0.15) is 5.10 Å². The topological polar surface area (TPSA) is 91.7 Å². The molecule has 0 unspecified atom stereocenters. The number of hydrogen-bond donors (Lipinski definition) is 4. The minimum Gasteiger partial charge on any atom is -0.321 e. The van der Waals surface area contributed by atoms with Gasteiger partial charge in [-0.3, -0.25) is 4.90 Å². The number of piperazine rings is 1. The standard InChI is InChI=1S/C6H16N6/c7-10-6(11-8)5-12-3-1-9-2-4-12/h9H,1-5,7-8H2,(H,10,11). The van der Waals surface area contributed by atoms with Crippen LogP contribution in [-0.2, 0) is 0 Å². The number of hydrazine groups is 1. The van der Waals surface area contributed by atoms with E-state index in [1.54, 1.807) is 0 Å². The van der Waals surface area contributed by atoms with E-state index in [1.807, 2.05) is 0 Å². The maximum Gasteiger partial charge on any atom is 0.150 e. The molecule has 0 amide bonds. The quantitative estimate of drug-likeness (QED) is 0.162. The molecule has 70 valence electrons. The van der Waals surface area contributed by atoms with Crippen LogP contribution in [0.2, 0.25) is 0 Å². The van der Waals surface area contributed by atoms with E-state index in [9.17, 15) is 0 Å². The van der Waals surface area contributed by atoms with Crippen LogP contribution in [0.4, 0.5) is 0 Å². The second-order valence-electron chi connectivity index (χ2n) is 2.75. The number of amidine groups is 1. The molecule has 0 aliphatic carbocycles. The molecule has 6 N–H and O–H groups in total. The average Bonchev–Trinajstić information content (AvgIpc) is 2.16. The van der Waals surface area contributed by atoms with Crippen molar-refractivity contribution in [1.82, 2.24) is 15.6 Å². The van der Waals surface area contributed by atoms with Crippen molar-refractivity contribution in [1.29, 1.82) is 0 Å². The Morgan fingerprint density at radius 3 is 2.67 bits per heavy atom. The van der Waals surface area contributed by atoms with E-state index in [0.717, 1.165) is 26.2 Å². The predicted octanol–water partition coefficient (Wildman–Crippen LogP) is -2.37. The van der Waals surface area contributed by atoms with E-state index >= 15 is 0 Å². The molecule has 0 aromatic heterocycles. The summed E-state index contributed by atoms with van der Waals surface area (Å²) in [7, 11) is 0. The Morgan fingerprint density at radius 1 is 1.50 bits per heavy atom. The highest BCUT2D eigenvalue weighted by atomic mass is 15.3. The smallest absolute Gasteiger partial charge is 0.150 e. The van der Waals surface area contributed by atoms with Crippen LogP contribution < -0.4 is 22.4 Å². The third kappa shape index (κ3) is 2.65. The molecule has 0 bridgehead atoms. The van der Waals surface area contributed by atoms with Crippen molar-refractivity contribution >= 4 is 5.84 Å². The zero-order valence-corrected chi connectivity index (χ0v) is 7.08. The lowest BCUT2D eigenvalue weighted by atomic mass is 10.3. The second-order valence-corrected chi connectivity index (χ2v) is 2.75. The summed E-state index contributed by atoms with van der Waals surface area (Å²) in [4.78, 5) is 2.24. The minimum atomic E-state index is 0.622. The largest absolute Gasteiger partial charge is 0.321 e. The fourth-order valence-electron chi connectivity index (χ4n) is 1.20. The lowest BCUT2D eigenvalue weighted by Crippen LogP contribution is -2.48. The van der Waals surface area contributed by atoms with Crippen molar-refractivity contribution < 1.29 is 0 Å². The van der Waals surface area contributed by atoms with Crippen LogP contribution in [0.1, 0.15) is 0 Å². The van der Waals surface area contributed by atoms with Crippen molar-refractivity contribution in [2.24, 2.45) is 16.8 Å². The van der Waals surface area contributed by atoms with Crippen molar-refractivity contribution in [3.05, 3.63) is 0 Å². The third-order valence-electron chi connectivity index (χ3n) is 1.91. The van der Waals surface area contributed by atoms with Gasteiger partial charge in [0.15, 0.2) is 0 Å². The van der Waals surface area contributed by atoms with E-state index < -0.39 is 0 Å². The van der Waals surface area contributed by atoms with Crippen LogP contribution in [0.25, 0.3) is 0 Å². The summed E-state index contributed by atoms with van der Waals surface area (Å²) in [5.74, 6) is 10.9. The number of hydrogen-bond acceptors (Lipinski definition) is 5. The molecule has 0 spiro atoms. The van der Waals surface area contributed by atoms with Crippen LogP contribution >= 0.6 is 0 Å². The maximum absolute atomic E-state index is 5.20. The van der Waals surface area contributed by atoms with Crippen LogP contribution in [0.5, 0.6) is 0 Å². The molecule has 1 fully saturated rings. The highest BCUT2D eigenvalue weighted by Gasteiger charge is 2.10. The fraction of sp³-hybridized carbons (Fsp3) is 0.833. The van der Waals surface area contributed by atoms with Gasteiger partial charge in [0.25, 0.3) is 0 Å². The molecule has 0 atom stereocenters. The third-order valence-corrected chi connectivity index (χ3v) is 1.91. The molecule has 0 aromatic rings. The maximum atomic E-state index is 5.20. The molecule has 1 heterocycles. The molecule has 0 radical (unpaired) electrons. The number of hydrazone groups is 1. The Kier molecular flexibility index (Phi) is 3.78. The molecule has 12 heavy (non-hydrogen) atoms. The van der Waals surface area contributed by atoms with Crippen LogP contribution in [0, 0.1) is 0 Å². The molecule has 1 aliphatic rings. The molecular formula is C6H16N6. The molecule has 6 nitrogen and oxygen atoms in total. The van der Waals surface area contributed by atoms with E-state index in [1.165, 1.54) is 0 Å². The summed E-state index contributed by atoms with van der Waals surface area (Å²) >= 11 is 0. The van der Waals surface area contributed by atoms with Crippen LogP contribution in [0.3, 0.4) is 0 Å². The van der Waals surface area contributed by atoms with Gasteiger partial charge in [-0.25, -0.2) is 5.84 Å². The zero-order chi connectivity index (χ0) is 8.81. The zero-order valence-electron chi connectivity index (χ0n) is 7.08. The van der Waals surface area contributed by atoms with Crippen molar-refractivity contribution in [2.75, 3.05) is 32.7 Å². The van der Waals surface area contributed by atoms with Gasteiger partial charge >= 0.3 is 0 Å². The van der Waals surface area contributed by atoms with E-state index in [2.05, 4.69) is 20.7 Å². The van der Waals surface area contributed by atoms with Gasteiger partial charge in [0.2, 0.25) is 0 Å². The highest BCUT2D eigenvalue weighted by molar-refractivity contribution is 5.83. The van der Waals surface area contributed by atoms with Gasteiger partial charge < -0.3 is 16.6 Å². The van der Waals surface area contributed by atoms with E-state index in [-0.39, 0.29) is 0 Å². The Morgan fingerprint density at radius 2 is 2.17 bits per heavy atom. The minimum absolute atomic E-state index is 0.622. The van der Waals surface area contributed by atoms with Gasteiger partial charge in [-0.05, 0) is 0 Å². The van der Waals surface area contributed by atoms with Gasteiger partial charge in [-0.15, -0.1) is 0 Å². The Balaban J connectivity index is 2.28. The molecule has 0 saturated carbocycles. The van der Waals surface area contributed by atoms with Crippen LogP contribution in [-0.4, -0.2) is 43.5 Å². The first kappa shape index (κ1) is 9.24. The SMILES string of the molecule is N/N=C(/CN1CCNCC1)NN. The van der Waals surface area contributed by atoms with E-state index in [4.69, 9.17) is 11.7 Å². The van der Waals surface area contributed by atoms with Gasteiger partial charge in [0.1, 0.15) is 5.84 Å². The fourth-order valence-corrected chi connectivity index (χ4v) is 1.20. The molecule has 1 aliphatic heterocycles. The molecule has 1 rings (SSSR count). The Hall–Kier alpha value is -0.850. The Labute approximate surface area is 71.9 Å². The number of nitrogens with two attached hydrogens (primary N) is 2. The second kappa shape index (κ2) is 4.91. The molecule has 6 heteroatoms. The first-order valence-corrected chi connectivity index (χ1v) is 4.03. The summed E-state index contributed by atoms with van der Waals surface area (Å²) in [6.45, 7) is 4.76. The van der Waals surface area contributed by atoms with Crippen LogP contribution in [0.15, 0.2) is 5.10 Å². The summed E-state index contributed by atoms with van der Waals surface area (Å²) in [6.07, 6.45) is 0. The summed E-state index contributed by atoms with van der Waals surface area (Å²) < 4.78 is 0. The summed E-state index contributed by atoms with van der Waals surface area (Å²) in [6, 6.07) is 0. The van der Waals surface area contributed by atoms with Gasteiger partial charge in [0, 0.05) is 26.2 Å². The first-order valence-electron chi connectivity index (χ1n) is 4.03. The normalized spacial score (nSPS) is 20.9. The molecule has 0 aromatic carbocycles. The van der Waals surface area contributed by atoms with E-state index in [0.29, 0.717) is 12.4 Å². The Bertz CT molecular complexity index is 150. The van der Waals surface area contributed by atoms with Gasteiger partial charge in [0.05, 0.1) is 6.54 Å². The monoisotopic (exact) mass is 172 g/mol. The highest BCUT2D eigenvalue weighted by Crippen LogP contribution is 1.90. The first-order chi connectivity index (χ1) is 5.86. The average molecular weight is 172 g/mol. The molecule has 1 saturated heterocycles. The lowest BCUT2D eigenvalue weighted by molar-refractivity contribution is 0.270. The summed E-state index contributed by atoms with van der Waals surface area (Å²) in [5.41, 5.74) is 2.46.